The molecule has 0 bridgehead atoms. The Labute approximate surface area is 222 Å². The monoisotopic (exact) mass is 510 g/mol. The van der Waals surface area contributed by atoms with E-state index >= 15 is 0 Å². The number of hydrogen-bond donors (Lipinski definition) is 1. The van der Waals surface area contributed by atoms with E-state index < -0.39 is 5.60 Å². The Morgan fingerprint density at radius 3 is 2.43 bits per heavy atom. The summed E-state index contributed by atoms with van der Waals surface area (Å²) in [7, 11) is 0. The van der Waals surface area contributed by atoms with Crippen molar-refractivity contribution in [2.45, 2.75) is 111 Å². The van der Waals surface area contributed by atoms with Gasteiger partial charge in [-0.05, 0) is 87.2 Å². The van der Waals surface area contributed by atoms with Gasteiger partial charge in [0.15, 0.2) is 17.2 Å². The van der Waals surface area contributed by atoms with E-state index in [9.17, 15) is 14.4 Å². The molecule has 0 radical (unpaired) electrons. The number of hydrogen-bond acceptors (Lipinski definition) is 6. The van der Waals surface area contributed by atoms with Crippen molar-refractivity contribution in [3.8, 4) is 0 Å². The predicted molar refractivity (Wildman–Crippen MR) is 146 cm³/mol. The third-order valence-electron chi connectivity index (χ3n) is 10.0. The Hall–Kier alpha value is -2.33. The van der Waals surface area contributed by atoms with Gasteiger partial charge in [0, 0.05) is 25.3 Å². The van der Waals surface area contributed by atoms with E-state index in [0.29, 0.717) is 30.6 Å². The van der Waals surface area contributed by atoms with E-state index in [-0.39, 0.29) is 28.4 Å². The molecular weight excluding hydrogens is 464 g/mol. The molecule has 4 aliphatic carbocycles. The molecule has 1 N–H and O–H groups in total. The molecule has 6 nitrogen and oxygen atoms in total. The second-order valence-electron chi connectivity index (χ2n) is 12.1. The zero-order chi connectivity index (χ0) is 27.4. The summed E-state index contributed by atoms with van der Waals surface area (Å²) in [5.74, 6) is 1.03. The molecule has 0 aromatic carbocycles. The number of unbranched alkanes of at least 4 members (excludes halogenated alkanes) is 3. The van der Waals surface area contributed by atoms with E-state index in [2.05, 4.69) is 38.8 Å². The average molecular weight is 511 g/mol. The van der Waals surface area contributed by atoms with Crippen LogP contribution in [0, 0.1) is 34.0 Å². The molecule has 0 aromatic heterocycles. The number of esters is 1. The molecule has 204 valence electrons. The van der Waals surface area contributed by atoms with Crippen molar-refractivity contribution in [1.82, 2.24) is 0 Å². The van der Waals surface area contributed by atoms with E-state index in [1.165, 1.54) is 37.3 Å². The smallest absolute Gasteiger partial charge is 0.303 e. The minimum Gasteiger partial charge on any atom is -0.451 e. The summed E-state index contributed by atoms with van der Waals surface area (Å²) in [4.78, 5) is 40.4. The third kappa shape index (κ3) is 5.32. The number of Topliss-reactive ketones (excluding diaryl/α,β-unsaturated/α-hetero) is 1. The Bertz CT molecular complexity index is 1020. The summed E-state index contributed by atoms with van der Waals surface area (Å²) in [5.41, 5.74) is 1.15. The van der Waals surface area contributed by atoms with Crippen LogP contribution in [0.15, 0.2) is 28.3 Å². The van der Waals surface area contributed by atoms with Crippen LogP contribution in [0.3, 0.4) is 0 Å². The van der Waals surface area contributed by atoms with Gasteiger partial charge >= 0.3 is 5.97 Å². The normalized spacial score (nSPS) is 35.8. The number of aliphatic imine (C=N–C) groups is 1. The Balaban J connectivity index is 0.000000364. The topological polar surface area (TPSA) is 96.7 Å². The number of nitrogens with one attached hydrogen (secondary N) is 1. The molecule has 0 aromatic rings. The van der Waals surface area contributed by atoms with E-state index in [0.717, 1.165) is 38.6 Å². The van der Waals surface area contributed by atoms with Gasteiger partial charge in [0.25, 0.3) is 0 Å². The summed E-state index contributed by atoms with van der Waals surface area (Å²) < 4.78 is 5.82. The molecule has 6 heteroatoms. The average Bonchev–Trinajstić information content (AvgIpc) is 3.13. The van der Waals surface area contributed by atoms with Gasteiger partial charge < -0.3 is 4.74 Å². The molecule has 6 atom stereocenters. The van der Waals surface area contributed by atoms with Gasteiger partial charge in [0.05, 0.1) is 6.01 Å². The van der Waals surface area contributed by atoms with Crippen molar-refractivity contribution < 1.29 is 19.1 Å². The van der Waals surface area contributed by atoms with Gasteiger partial charge in [-0.3, -0.25) is 14.4 Å². The van der Waals surface area contributed by atoms with Crippen molar-refractivity contribution >= 4 is 23.5 Å². The molecule has 0 unspecified atom stereocenters. The quantitative estimate of drug-likeness (QED) is 0.229. The number of carbonyl (C=O) groups excluding carboxylic acids is 3. The van der Waals surface area contributed by atoms with Crippen LogP contribution in [0.5, 0.6) is 0 Å². The summed E-state index contributed by atoms with van der Waals surface area (Å²) in [6.45, 7) is 12.6. The molecule has 0 amide bonds. The number of ketones is 2. The van der Waals surface area contributed by atoms with Gasteiger partial charge in [0.2, 0.25) is 0 Å². The summed E-state index contributed by atoms with van der Waals surface area (Å²) >= 11 is 0. The van der Waals surface area contributed by atoms with E-state index in [1.54, 1.807) is 6.92 Å². The SMILES string of the molecule is CC(=O)O[C@]1(C(C)=O)CC[C@H]2[C@@H]3C=C(C)C4=CC(=O)CC[C@]4(C)[C@H]3CC[C@@]21C.CCCCCCN=C=N. The van der Waals surface area contributed by atoms with Crippen molar-refractivity contribution in [2.75, 3.05) is 6.54 Å². The fraction of sp³-hybridized carbons (Fsp3) is 0.742. The van der Waals surface area contributed by atoms with Crippen LogP contribution < -0.4 is 0 Å². The van der Waals surface area contributed by atoms with Gasteiger partial charge in [-0.15, -0.1) is 0 Å². The maximum Gasteiger partial charge on any atom is 0.303 e. The first-order valence-corrected chi connectivity index (χ1v) is 14.2. The summed E-state index contributed by atoms with van der Waals surface area (Å²) in [6, 6.07) is 2.02. The van der Waals surface area contributed by atoms with Crippen molar-refractivity contribution in [3.63, 3.8) is 0 Å². The fourth-order valence-corrected chi connectivity index (χ4v) is 8.15. The Kier molecular flexibility index (Phi) is 9.16. The molecule has 0 saturated heterocycles. The standard InChI is InChI=1S/C24H32O4.C7H14N2/c1-14-12-18-19(22(4)9-6-17(27)13-21(14)22)7-10-23(5)20(18)8-11-24(23,15(2)25)28-16(3)26;1-2-3-4-5-6-9-7-8/h12-13,18-20H,6-11H2,1-5H3;8H,2-6H2,1H3/t18-,19+,20+,22-,23+,24+;/m1./s1. The zero-order valence-corrected chi connectivity index (χ0v) is 23.7. The van der Waals surface area contributed by atoms with Crippen molar-refractivity contribution in [1.29, 1.82) is 5.41 Å². The largest absolute Gasteiger partial charge is 0.451 e. The lowest BCUT2D eigenvalue weighted by Gasteiger charge is -2.58. The summed E-state index contributed by atoms with van der Waals surface area (Å²) in [5, 5.41) is 6.47. The van der Waals surface area contributed by atoms with E-state index in [1.807, 2.05) is 12.1 Å². The maximum absolute atomic E-state index is 12.8. The third-order valence-corrected chi connectivity index (χ3v) is 10.0. The molecule has 4 aliphatic rings. The lowest BCUT2D eigenvalue weighted by molar-refractivity contribution is -0.185. The highest BCUT2D eigenvalue weighted by atomic mass is 16.6. The van der Waals surface area contributed by atoms with Crippen LogP contribution in [-0.2, 0) is 19.1 Å². The van der Waals surface area contributed by atoms with Gasteiger partial charge in [-0.25, -0.2) is 10.4 Å². The minimum atomic E-state index is -0.990. The summed E-state index contributed by atoms with van der Waals surface area (Å²) in [6.07, 6.45) is 14.1. The van der Waals surface area contributed by atoms with Crippen molar-refractivity contribution in [3.05, 3.63) is 23.3 Å². The Morgan fingerprint density at radius 1 is 1.11 bits per heavy atom. The highest BCUT2D eigenvalue weighted by molar-refractivity contribution is 5.92. The van der Waals surface area contributed by atoms with Crippen molar-refractivity contribution in [2.24, 2.45) is 33.6 Å². The van der Waals surface area contributed by atoms with E-state index in [4.69, 9.17) is 10.1 Å². The molecule has 2 saturated carbocycles. The predicted octanol–water partition coefficient (Wildman–Crippen LogP) is 6.89. The zero-order valence-electron chi connectivity index (χ0n) is 23.7. The number of carbonyl (C=O) groups is 3. The van der Waals surface area contributed by atoms with Crippen LogP contribution in [-0.4, -0.2) is 35.7 Å². The van der Waals surface area contributed by atoms with Gasteiger partial charge in [0.1, 0.15) is 0 Å². The number of nitrogens with zero attached hydrogens (tertiary/aromatic N) is 1. The second-order valence-corrected chi connectivity index (χ2v) is 12.1. The number of ether oxygens (including phenoxy) is 1. The lowest BCUT2D eigenvalue weighted by atomic mass is 9.47. The highest BCUT2D eigenvalue weighted by Gasteiger charge is 2.67. The number of rotatable bonds is 7. The molecule has 0 aliphatic heterocycles. The van der Waals surface area contributed by atoms with Crippen LogP contribution >= 0.6 is 0 Å². The molecular formula is C31H46N2O4. The Morgan fingerprint density at radius 2 is 1.81 bits per heavy atom. The minimum absolute atomic E-state index is 0.0160. The van der Waals surface area contributed by atoms with Gasteiger partial charge in [-0.1, -0.05) is 51.7 Å². The molecule has 2 fully saturated rings. The fourth-order valence-electron chi connectivity index (χ4n) is 8.15. The van der Waals surface area contributed by atoms with Gasteiger partial charge in [-0.2, -0.15) is 0 Å². The highest BCUT2D eigenvalue weighted by Crippen LogP contribution is 2.67. The first-order valence-electron chi connectivity index (χ1n) is 14.2. The number of allylic oxidation sites excluding steroid dienone is 4. The lowest BCUT2D eigenvalue weighted by Crippen LogP contribution is -2.58. The van der Waals surface area contributed by atoms with Crippen LogP contribution in [0.4, 0.5) is 0 Å². The molecule has 0 heterocycles. The number of fused-ring (bicyclic) bond motifs is 5. The first-order chi connectivity index (χ1) is 17.5. The second kappa shape index (κ2) is 11.6. The molecule has 37 heavy (non-hydrogen) atoms. The molecule has 0 spiro atoms. The van der Waals surface area contributed by atoms with Crippen LogP contribution in [0.1, 0.15) is 106 Å². The first kappa shape index (κ1) is 29.2. The molecule has 4 rings (SSSR count). The maximum atomic E-state index is 12.8. The van der Waals surface area contributed by atoms with Crippen LogP contribution in [0.25, 0.3) is 0 Å². The van der Waals surface area contributed by atoms with Crippen LogP contribution in [0.2, 0.25) is 0 Å².